The number of para-hydroxylation sites is 1. The van der Waals surface area contributed by atoms with Gasteiger partial charge in [0.15, 0.2) is 11.5 Å². The van der Waals surface area contributed by atoms with Crippen molar-refractivity contribution < 1.29 is 19.6 Å². The zero-order valence-corrected chi connectivity index (χ0v) is 15.4. The largest absolute Gasteiger partial charge is 0.504 e. The van der Waals surface area contributed by atoms with Gasteiger partial charge >= 0.3 is 0 Å². The Balaban J connectivity index is 1.82. The molecule has 0 unspecified atom stereocenters. The molecular formula is C17H12ClN3O5S. The third-order valence-corrected chi connectivity index (χ3v) is 5.31. The molecule has 1 amide bonds. The van der Waals surface area contributed by atoms with Gasteiger partial charge in [-0.25, -0.2) is 5.43 Å². The predicted molar refractivity (Wildman–Crippen MR) is 103 cm³/mol. The Morgan fingerprint density at radius 2 is 2.19 bits per heavy atom. The number of amides is 1. The van der Waals surface area contributed by atoms with Crippen molar-refractivity contribution in [2.24, 2.45) is 5.10 Å². The number of halogens is 1. The monoisotopic (exact) mass is 405 g/mol. The van der Waals surface area contributed by atoms with Crippen molar-refractivity contribution in [1.29, 1.82) is 0 Å². The molecule has 138 valence electrons. The maximum absolute atomic E-state index is 12.3. The van der Waals surface area contributed by atoms with Crippen molar-refractivity contribution >= 4 is 50.8 Å². The first kappa shape index (κ1) is 18.6. The number of nitrogens with zero attached hydrogens (tertiary/aromatic N) is 2. The molecule has 10 heteroatoms. The summed E-state index contributed by atoms with van der Waals surface area (Å²) in [7, 11) is 1.42. The van der Waals surface area contributed by atoms with Crippen LogP contribution in [0.3, 0.4) is 0 Å². The number of non-ortho nitro benzene ring substituents is 1. The summed E-state index contributed by atoms with van der Waals surface area (Å²) < 4.78 is 5.52. The quantitative estimate of drug-likeness (QED) is 0.379. The number of ether oxygens (including phenoxy) is 1. The van der Waals surface area contributed by atoms with Crippen molar-refractivity contribution in [3.8, 4) is 11.5 Å². The molecule has 0 radical (unpaired) electrons. The van der Waals surface area contributed by atoms with Crippen molar-refractivity contribution in [2.45, 2.75) is 0 Å². The molecule has 27 heavy (non-hydrogen) atoms. The number of carbonyl (C=O) groups excluding carboxylic acids is 1. The average Bonchev–Trinajstić information content (AvgIpc) is 2.99. The molecule has 0 aliphatic heterocycles. The number of fused-ring (bicyclic) bond motifs is 1. The lowest BCUT2D eigenvalue weighted by atomic mass is 10.2. The van der Waals surface area contributed by atoms with Crippen molar-refractivity contribution in [3.63, 3.8) is 0 Å². The van der Waals surface area contributed by atoms with Crippen LogP contribution in [0.25, 0.3) is 10.1 Å². The van der Waals surface area contributed by atoms with Crippen molar-refractivity contribution in [2.75, 3.05) is 7.11 Å². The molecule has 1 aromatic heterocycles. The summed E-state index contributed by atoms with van der Waals surface area (Å²) in [6.45, 7) is 0. The lowest BCUT2D eigenvalue weighted by Crippen LogP contribution is -2.16. The van der Waals surface area contributed by atoms with Gasteiger partial charge in [-0.1, -0.05) is 17.7 Å². The fourth-order valence-electron chi connectivity index (χ4n) is 2.33. The molecule has 2 N–H and O–H groups in total. The van der Waals surface area contributed by atoms with Crippen LogP contribution in [0.2, 0.25) is 5.02 Å². The minimum atomic E-state index is -0.567. The van der Waals surface area contributed by atoms with Crippen LogP contribution in [0.15, 0.2) is 41.5 Å². The number of hydrogen-bond donors (Lipinski definition) is 2. The van der Waals surface area contributed by atoms with Crippen LogP contribution in [-0.4, -0.2) is 29.3 Å². The number of rotatable bonds is 5. The highest BCUT2D eigenvalue weighted by Gasteiger charge is 2.19. The number of thiophene rings is 1. The summed E-state index contributed by atoms with van der Waals surface area (Å²) in [6.07, 6.45) is 1.27. The number of nitrogens with one attached hydrogen (secondary N) is 1. The number of aromatic hydroxyl groups is 1. The van der Waals surface area contributed by atoms with Gasteiger partial charge in [0.25, 0.3) is 11.6 Å². The zero-order valence-electron chi connectivity index (χ0n) is 13.8. The summed E-state index contributed by atoms with van der Waals surface area (Å²) in [6, 6.07) is 9.03. The van der Waals surface area contributed by atoms with E-state index >= 15 is 0 Å². The number of hydrazone groups is 1. The van der Waals surface area contributed by atoms with Gasteiger partial charge in [-0.15, -0.1) is 11.3 Å². The summed E-state index contributed by atoms with van der Waals surface area (Å²) in [5.41, 5.74) is 2.59. The first-order chi connectivity index (χ1) is 12.9. The molecule has 0 atom stereocenters. The van der Waals surface area contributed by atoms with E-state index in [2.05, 4.69) is 10.5 Å². The number of methoxy groups -OCH3 is 1. The van der Waals surface area contributed by atoms with Gasteiger partial charge in [-0.05, 0) is 18.2 Å². The van der Waals surface area contributed by atoms with Crippen LogP contribution >= 0.6 is 22.9 Å². The summed E-state index contributed by atoms with van der Waals surface area (Å²) in [5, 5.41) is 25.4. The zero-order chi connectivity index (χ0) is 19.6. The molecule has 0 saturated heterocycles. The van der Waals surface area contributed by atoms with Crippen LogP contribution < -0.4 is 10.2 Å². The molecule has 0 bridgehead atoms. The Hall–Kier alpha value is -3.17. The van der Waals surface area contributed by atoms with Gasteiger partial charge in [0, 0.05) is 27.8 Å². The van der Waals surface area contributed by atoms with Crippen LogP contribution in [0.5, 0.6) is 11.5 Å². The van der Waals surface area contributed by atoms with Gasteiger partial charge in [-0.3, -0.25) is 14.9 Å². The van der Waals surface area contributed by atoms with E-state index in [0.29, 0.717) is 15.6 Å². The van der Waals surface area contributed by atoms with Crippen LogP contribution in [0.1, 0.15) is 15.2 Å². The van der Waals surface area contributed by atoms with E-state index in [1.807, 2.05) is 0 Å². The van der Waals surface area contributed by atoms with E-state index in [9.17, 15) is 20.0 Å². The van der Waals surface area contributed by atoms with Gasteiger partial charge < -0.3 is 9.84 Å². The predicted octanol–water partition coefficient (Wildman–Crippen LogP) is 3.94. The van der Waals surface area contributed by atoms with Crippen molar-refractivity contribution in [3.05, 3.63) is 62.0 Å². The molecule has 1 heterocycles. The molecule has 0 saturated carbocycles. The molecule has 2 aromatic carbocycles. The first-order valence-corrected chi connectivity index (χ1v) is 8.67. The standard InChI is InChI=1S/C17H12ClN3O5S/c1-26-12-4-2-3-9(15(12)22)8-19-20-17(23)16-14(18)11-6-5-10(21(24)25)7-13(11)27-16/h2-8,22H,1H3,(H,20,23)/b19-8+. The first-order valence-electron chi connectivity index (χ1n) is 7.48. The van der Waals surface area contributed by atoms with Gasteiger partial charge in [0.05, 0.1) is 23.3 Å². The van der Waals surface area contributed by atoms with E-state index in [1.54, 1.807) is 18.2 Å². The van der Waals surface area contributed by atoms with Gasteiger partial charge in [-0.2, -0.15) is 5.10 Å². The lowest BCUT2D eigenvalue weighted by molar-refractivity contribution is -0.384. The Labute approximate surface area is 161 Å². The number of benzene rings is 2. The third-order valence-electron chi connectivity index (χ3n) is 3.65. The van der Waals surface area contributed by atoms with E-state index in [-0.39, 0.29) is 27.1 Å². The second kappa shape index (κ2) is 7.60. The lowest BCUT2D eigenvalue weighted by Gasteiger charge is -2.04. The van der Waals surface area contributed by atoms with Crippen LogP contribution in [0, 0.1) is 10.1 Å². The third kappa shape index (κ3) is 3.69. The number of carbonyl (C=O) groups is 1. The Bertz CT molecular complexity index is 1080. The minimum absolute atomic E-state index is 0.0844. The second-order valence-electron chi connectivity index (χ2n) is 5.28. The maximum Gasteiger partial charge on any atom is 0.283 e. The van der Waals surface area contributed by atoms with E-state index < -0.39 is 10.8 Å². The molecular weight excluding hydrogens is 394 g/mol. The Kier molecular flexibility index (Phi) is 5.24. The topological polar surface area (TPSA) is 114 Å². The van der Waals surface area contributed by atoms with Crippen LogP contribution in [-0.2, 0) is 0 Å². The molecule has 0 aliphatic rings. The summed E-state index contributed by atoms with van der Waals surface area (Å²) in [4.78, 5) is 22.9. The molecule has 8 nitrogen and oxygen atoms in total. The molecule has 3 aromatic rings. The van der Waals surface area contributed by atoms with E-state index in [0.717, 1.165) is 11.3 Å². The average molecular weight is 406 g/mol. The molecule has 0 aliphatic carbocycles. The highest BCUT2D eigenvalue weighted by atomic mass is 35.5. The number of hydrogen-bond acceptors (Lipinski definition) is 7. The van der Waals surface area contributed by atoms with Gasteiger partial charge in [0.2, 0.25) is 0 Å². The molecule has 0 spiro atoms. The smallest absolute Gasteiger partial charge is 0.283 e. The number of nitro groups is 1. The summed E-state index contributed by atoms with van der Waals surface area (Å²) >= 11 is 7.24. The fraction of sp³-hybridized carbons (Fsp3) is 0.0588. The number of phenols is 1. The molecule has 3 rings (SSSR count). The molecule has 0 fully saturated rings. The number of phenolic OH excluding ortho intramolecular Hbond substituents is 1. The van der Waals surface area contributed by atoms with Gasteiger partial charge in [0.1, 0.15) is 4.88 Å². The highest BCUT2D eigenvalue weighted by molar-refractivity contribution is 7.21. The SMILES string of the molecule is COc1cccc(/C=N/NC(=O)c2sc3cc([N+](=O)[O-])ccc3c2Cl)c1O. The Morgan fingerprint density at radius 3 is 2.89 bits per heavy atom. The normalized spacial score (nSPS) is 11.0. The van der Waals surface area contributed by atoms with E-state index in [1.165, 1.54) is 31.5 Å². The minimum Gasteiger partial charge on any atom is -0.504 e. The highest BCUT2D eigenvalue weighted by Crippen LogP contribution is 2.37. The second-order valence-corrected chi connectivity index (χ2v) is 6.71. The number of nitro benzene ring substituents is 1. The van der Waals surface area contributed by atoms with Crippen molar-refractivity contribution in [1.82, 2.24) is 5.43 Å². The summed E-state index contributed by atoms with van der Waals surface area (Å²) in [5.74, 6) is -0.396. The fourth-order valence-corrected chi connectivity index (χ4v) is 3.77. The Morgan fingerprint density at radius 1 is 1.41 bits per heavy atom. The maximum atomic E-state index is 12.3. The van der Waals surface area contributed by atoms with Crippen LogP contribution in [0.4, 0.5) is 5.69 Å². The van der Waals surface area contributed by atoms with E-state index in [4.69, 9.17) is 16.3 Å².